The van der Waals surface area contributed by atoms with E-state index in [9.17, 15) is 10.2 Å². The Hall–Kier alpha value is -2.60. The molecule has 0 radical (unpaired) electrons. The molecule has 2 atom stereocenters. The molecular weight excluding hydrogens is 334 g/mol. The standard InChI is InChI=1S/C20H25NO5/c1-11(13-8-17(24-2)20(26-4)18(9-13)25-3)19-14-10-16(23)15(22)7-12(14)5-6-21-19/h7-11,19,21-23H,5-6H2,1-4H3/t11-,19-/m0/s1. The quantitative estimate of drug-likeness (QED) is 0.712. The van der Waals surface area contributed by atoms with Crippen LogP contribution in [-0.4, -0.2) is 38.1 Å². The number of hydrogen-bond acceptors (Lipinski definition) is 6. The predicted molar refractivity (Wildman–Crippen MR) is 98.7 cm³/mol. The normalized spacial score (nSPS) is 17.3. The van der Waals surface area contributed by atoms with Crippen LogP contribution in [0.25, 0.3) is 0 Å². The average Bonchev–Trinajstić information content (AvgIpc) is 2.66. The van der Waals surface area contributed by atoms with Gasteiger partial charge >= 0.3 is 0 Å². The molecule has 0 saturated carbocycles. The van der Waals surface area contributed by atoms with Crippen LogP contribution in [-0.2, 0) is 6.42 Å². The maximum atomic E-state index is 9.94. The van der Waals surface area contributed by atoms with Gasteiger partial charge in [-0.3, -0.25) is 0 Å². The topological polar surface area (TPSA) is 80.2 Å². The maximum Gasteiger partial charge on any atom is 0.203 e. The fourth-order valence-corrected chi connectivity index (χ4v) is 3.62. The van der Waals surface area contributed by atoms with Crippen molar-refractivity contribution in [3.05, 3.63) is 41.0 Å². The Morgan fingerprint density at radius 3 is 2.15 bits per heavy atom. The number of fused-ring (bicyclic) bond motifs is 1. The number of hydrogen-bond donors (Lipinski definition) is 3. The third kappa shape index (κ3) is 3.12. The maximum absolute atomic E-state index is 9.94. The summed E-state index contributed by atoms with van der Waals surface area (Å²) >= 11 is 0. The van der Waals surface area contributed by atoms with E-state index in [1.807, 2.05) is 12.1 Å². The summed E-state index contributed by atoms with van der Waals surface area (Å²) in [4.78, 5) is 0. The van der Waals surface area contributed by atoms with Gasteiger partial charge < -0.3 is 29.7 Å². The zero-order valence-corrected chi connectivity index (χ0v) is 15.5. The second-order valence-electron chi connectivity index (χ2n) is 6.47. The van der Waals surface area contributed by atoms with Crippen LogP contribution in [0.5, 0.6) is 28.7 Å². The van der Waals surface area contributed by atoms with Gasteiger partial charge in [-0.15, -0.1) is 0 Å². The fourth-order valence-electron chi connectivity index (χ4n) is 3.62. The minimum atomic E-state index is -0.102. The van der Waals surface area contributed by atoms with E-state index in [1.165, 1.54) is 0 Å². The van der Waals surface area contributed by atoms with E-state index < -0.39 is 0 Å². The minimum Gasteiger partial charge on any atom is -0.504 e. The fraction of sp³-hybridized carbons (Fsp3) is 0.400. The highest BCUT2D eigenvalue weighted by Crippen LogP contribution is 2.44. The van der Waals surface area contributed by atoms with Crippen LogP contribution in [0.1, 0.15) is 35.6 Å². The first-order chi connectivity index (χ1) is 12.5. The first kappa shape index (κ1) is 18.2. The van der Waals surface area contributed by atoms with E-state index in [-0.39, 0.29) is 23.5 Å². The highest BCUT2D eigenvalue weighted by atomic mass is 16.5. The number of ether oxygens (including phenoxy) is 3. The summed E-state index contributed by atoms with van der Waals surface area (Å²) in [6.07, 6.45) is 0.807. The summed E-state index contributed by atoms with van der Waals surface area (Å²) in [6.45, 7) is 2.91. The van der Waals surface area contributed by atoms with E-state index in [4.69, 9.17) is 14.2 Å². The van der Waals surface area contributed by atoms with Crippen molar-refractivity contribution >= 4 is 0 Å². The van der Waals surface area contributed by atoms with Gasteiger partial charge in [-0.2, -0.15) is 0 Å². The molecule has 1 aliphatic heterocycles. The van der Waals surface area contributed by atoms with Crippen LogP contribution in [0, 0.1) is 0 Å². The molecule has 6 nitrogen and oxygen atoms in total. The minimum absolute atomic E-state index is 0.00643. The van der Waals surface area contributed by atoms with Gasteiger partial charge in [0.2, 0.25) is 5.75 Å². The lowest BCUT2D eigenvalue weighted by molar-refractivity contribution is 0.322. The number of rotatable bonds is 5. The van der Waals surface area contributed by atoms with E-state index in [2.05, 4.69) is 12.2 Å². The smallest absolute Gasteiger partial charge is 0.203 e. The van der Waals surface area contributed by atoms with Crippen molar-refractivity contribution in [2.45, 2.75) is 25.3 Å². The van der Waals surface area contributed by atoms with Gasteiger partial charge in [0.25, 0.3) is 0 Å². The van der Waals surface area contributed by atoms with Gasteiger partial charge in [-0.1, -0.05) is 6.92 Å². The van der Waals surface area contributed by atoms with Crippen LogP contribution < -0.4 is 19.5 Å². The number of benzene rings is 2. The Bertz CT molecular complexity index is 780. The van der Waals surface area contributed by atoms with Crippen molar-refractivity contribution < 1.29 is 24.4 Å². The molecule has 1 aliphatic rings. The Kier molecular flexibility index (Phi) is 5.13. The number of nitrogens with one attached hydrogen (secondary N) is 1. The van der Waals surface area contributed by atoms with Gasteiger partial charge in [-0.25, -0.2) is 0 Å². The molecule has 6 heteroatoms. The molecule has 140 valence electrons. The SMILES string of the molecule is COc1cc([C@H](C)[C@@H]2NCCc3cc(O)c(O)cc32)cc(OC)c1OC. The molecule has 26 heavy (non-hydrogen) atoms. The monoisotopic (exact) mass is 359 g/mol. The van der Waals surface area contributed by atoms with Crippen LogP contribution in [0.15, 0.2) is 24.3 Å². The Morgan fingerprint density at radius 2 is 1.58 bits per heavy atom. The molecular formula is C20H25NO5. The molecule has 0 unspecified atom stereocenters. The summed E-state index contributed by atoms with van der Waals surface area (Å²) in [6, 6.07) is 7.19. The predicted octanol–water partition coefficient (Wildman–Crippen LogP) is 3.11. The third-order valence-corrected chi connectivity index (χ3v) is 5.04. The Labute approximate surface area is 153 Å². The lowest BCUT2D eigenvalue weighted by atomic mass is 9.83. The van der Waals surface area contributed by atoms with Crippen LogP contribution in [0.2, 0.25) is 0 Å². The molecule has 0 bridgehead atoms. The lowest BCUT2D eigenvalue weighted by Gasteiger charge is -2.32. The molecule has 0 aliphatic carbocycles. The molecule has 0 amide bonds. The molecule has 0 aromatic heterocycles. The molecule has 1 heterocycles. The summed E-state index contributed by atoms with van der Waals surface area (Å²) in [5.41, 5.74) is 3.06. The molecule has 0 fully saturated rings. The number of phenolic OH excluding ortho intramolecular Hbond substituents is 2. The first-order valence-electron chi connectivity index (χ1n) is 8.58. The van der Waals surface area contributed by atoms with Crippen LogP contribution in [0.3, 0.4) is 0 Å². The van der Waals surface area contributed by atoms with Crippen molar-refractivity contribution in [2.75, 3.05) is 27.9 Å². The first-order valence-corrected chi connectivity index (χ1v) is 8.58. The second-order valence-corrected chi connectivity index (χ2v) is 6.47. The van der Waals surface area contributed by atoms with Crippen molar-refractivity contribution in [1.29, 1.82) is 0 Å². The Balaban J connectivity index is 2.03. The van der Waals surface area contributed by atoms with Gasteiger partial charge in [0.05, 0.1) is 21.3 Å². The second kappa shape index (κ2) is 7.33. The lowest BCUT2D eigenvalue weighted by Crippen LogP contribution is -2.33. The highest BCUT2D eigenvalue weighted by Gasteiger charge is 2.28. The van der Waals surface area contributed by atoms with E-state index in [0.29, 0.717) is 17.2 Å². The summed E-state index contributed by atoms with van der Waals surface area (Å²) < 4.78 is 16.3. The van der Waals surface area contributed by atoms with Gasteiger partial charge in [0.15, 0.2) is 23.0 Å². The van der Waals surface area contributed by atoms with Crippen molar-refractivity contribution in [2.24, 2.45) is 0 Å². The summed E-state index contributed by atoms with van der Waals surface area (Å²) in [5, 5.41) is 23.3. The van der Waals surface area contributed by atoms with E-state index in [0.717, 1.165) is 29.7 Å². The van der Waals surface area contributed by atoms with E-state index >= 15 is 0 Å². The molecule has 0 saturated heterocycles. The highest BCUT2D eigenvalue weighted by molar-refractivity contribution is 5.55. The van der Waals surface area contributed by atoms with Gasteiger partial charge in [0, 0.05) is 12.0 Å². The zero-order chi connectivity index (χ0) is 18.8. The average molecular weight is 359 g/mol. The number of aromatic hydroxyl groups is 2. The molecule has 3 N–H and O–H groups in total. The summed E-state index contributed by atoms with van der Waals surface area (Å²) in [7, 11) is 4.78. The molecule has 3 rings (SSSR count). The Morgan fingerprint density at radius 1 is 0.962 bits per heavy atom. The van der Waals surface area contributed by atoms with Gasteiger partial charge in [0.1, 0.15) is 0 Å². The van der Waals surface area contributed by atoms with E-state index in [1.54, 1.807) is 33.5 Å². The van der Waals surface area contributed by atoms with Crippen molar-refractivity contribution in [1.82, 2.24) is 5.32 Å². The number of methoxy groups -OCH3 is 3. The zero-order valence-electron chi connectivity index (χ0n) is 15.5. The molecule has 0 spiro atoms. The van der Waals surface area contributed by atoms with Crippen LogP contribution in [0.4, 0.5) is 0 Å². The largest absolute Gasteiger partial charge is 0.504 e. The summed E-state index contributed by atoms with van der Waals surface area (Å²) in [5.74, 6) is 1.67. The third-order valence-electron chi connectivity index (χ3n) is 5.04. The van der Waals surface area contributed by atoms with Crippen LogP contribution >= 0.6 is 0 Å². The van der Waals surface area contributed by atoms with Crippen molar-refractivity contribution in [3.8, 4) is 28.7 Å². The number of phenols is 2. The molecule has 2 aromatic carbocycles. The molecule has 2 aromatic rings. The van der Waals surface area contributed by atoms with Crippen molar-refractivity contribution in [3.63, 3.8) is 0 Å². The van der Waals surface area contributed by atoms with Gasteiger partial charge in [-0.05, 0) is 53.9 Å².